The highest BCUT2D eigenvalue weighted by molar-refractivity contribution is 7.07. The summed E-state index contributed by atoms with van der Waals surface area (Å²) >= 11 is 1.69. The second-order valence-corrected chi connectivity index (χ2v) is 4.72. The summed E-state index contributed by atoms with van der Waals surface area (Å²) in [6.07, 6.45) is 0.570. The molecule has 1 saturated heterocycles. The second-order valence-electron chi connectivity index (χ2n) is 3.94. The van der Waals surface area contributed by atoms with Gasteiger partial charge in [-0.3, -0.25) is 9.69 Å². The van der Waals surface area contributed by atoms with Crippen LogP contribution in [0, 0.1) is 0 Å². The van der Waals surface area contributed by atoms with E-state index in [0.717, 1.165) is 19.6 Å². The molecule has 2 heterocycles. The highest BCUT2D eigenvalue weighted by atomic mass is 32.1. The first-order chi connectivity index (χ1) is 7.81. The summed E-state index contributed by atoms with van der Waals surface area (Å²) in [5, 5.41) is 7.09. The highest BCUT2D eigenvalue weighted by Gasteiger charge is 2.22. The average Bonchev–Trinajstić information content (AvgIpc) is 2.71. The van der Waals surface area contributed by atoms with Gasteiger partial charge in [-0.05, 0) is 22.4 Å². The Labute approximate surface area is 99.4 Å². The number of hydrogen-bond acceptors (Lipinski definition) is 4. The Morgan fingerprint density at radius 1 is 1.56 bits per heavy atom. The molecule has 1 fully saturated rings. The molecule has 1 aliphatic heterocycles. The van der Waals surface area contributed by atoms with Gasteiger partial charge in [0, 0.05) is 38.6 Å². The molecule has 16 heavy (non-hydrogen) atoms. The molecule has 1 aromatic rings. The molecule has 0 spiro atoms. The molecule has 1 aromatic heterocycles. The van der Waals surface area contributed by atoms with Gasteiger partial charge in [0.25, 0.3) is 0 Å². The molecule has 1 aliphatic rings. The molecular weight excluding hydrogens is 222 g/mol. The summed E-state index contributed by atoms with van der Waals surface area (Å²) in [5.74, 6) is 0.142. The zero-order valence-corrected chi connectivity index (χ0v) is 10.0. The fourth-order valence-electron chi connectivity index (χ4n) is 2.06. The summed E-state index contributed by atoms with van der Waals surface area (Å²) in [4.78, 5) is 13.6. The summed E-state index contributed by atoms with van der Waals surface area (Å²) < 4.78 is 0. The smallest absolute Gasteiger partial charge is 0.221 e. The van der Waals surface area contributed by atoms with Gasteiger partial charge in [-0.25, -0.2) is 0 Å². The number of amides is 1. The number of thiophene rings is 1. The van der Waals surface area contributed by atoms with Crippen molar-refractivity contribution in [1.82, 2.24) is 10.2 Å². The number of nitrogens with one attached hydrogen (secondary N) is 1. The first-order valence-electron chi connectivity index (χ1n) is 5.54. The van der Waals surface area contributed by atoms with E-state index in [4.69, 9.17) is 5.73 Å². The number of rotatable bonds is 3. The van der Waals surface area contributed by atoms with Crippen LogP contribution in [0.15, 0.2) is 16.8 Å². The van der Waals surface area contributed by atoms with E-state index < -0.39 is 0 Å². The van der Waals surface area contributed by atoms with Gasteiger partial charge >= 0.3 is 0 Å². The van der Waals surface area contributed by atoms with Crippen molar-refractivity contribution < 1.29 is 4.79 Å². The monoisotopic (exact) mass is 239 g/mol. The molecule has 3 N–H and O–H groups in total. The number of nitrogens with two attached hydrogens (primary N) is 1. The Morgan fingerprint density at radius 2 is 2.44 bits per heavy atom. The van der Waals surface area contributed by atoms with Crippen LogP contribution in [-0.4, -0.2) is 37.0 Å². The van der Waals surface area contributed by atoms with Crippen molar-refractivity contribution in [3.63, 3.8) is 0 Å². The number of carbonyl (C=O) groups excluding carboxylic acids is 1. The fraction of sp³-hybridized carbons (Fsp3) is 0.545. The van der Waals surface area contributed by atoms with E-state index in [2.05, 4.69) is 27.0 Å². The van der Waals surface area contributed by atoms with E-state index in [9.17, 15) is 4.79 Å². The lowest BCUT2D eigenvalue weighted by Gasteiger charge is -2.28. The maximum atomic E-state index is 11.3. The van der Waals surface area contributed by atoms with Crippen molar-refractivity contribution >= 4 is 17.2 Å². The van der Waals surface area contributed by atoms with E-state index in [-0.39, 0.29) is 11.9 Å². The van der Waals surface area contributed by atoms with Crippen molar-refractivity contribution in [2.45, 2.75) is 12.5 Å². The van der Waals surface area contributed by atoms with Crippen LogP contribution in [0.2, 0.25) is 0 Å². The molecule has 0 saturated carbocycles. The van der Waals surface area contributed by atoms with Crippen LogP contribution in [0.1, 0.15) is 18.0 Å². The topological polar surface area (TPSA) is 58.4 Å². The molecule has 0 radical (unpaired) electrons. The van der Waals surface area contributed by atoms with Crippen LogP contribution in [-0.2, 0) is 4.79 Å². The van der Waals surface area contributed by atoms with Gasteiger partial charge in [-0.1, -0.05) is 0 Å². The predicted molar refractivity (Wildman–Crippen MR) is 65.3 cm³/mol. The van der Waals surface area contributed by atoms with Crippen LogP contribution in [0.3, 0.4) is 0 Å². The Hall–Kier alpha value is -0.910. The SMILES string of the molecule is NCC(c1ccsc1)N1CCNC(=O)CC1. The second kappa shape index (κ2) is 5.43. The van der Waals surface area contributed by atoms with Crippen LogP contribution in [0.4, 0.5) is 0 Å². The van der Waals surface area contributed by atoms with Crippen molar-refractivity contribution in [3.05, 3.63) is 22.4 Å². The van der Waals surface area contributed by atoms with E-state index >= 15 is 0 Å². The van der Waals surface area contributed by atoms with Gasteiger partial charge in [0.15, 0.2) is 0 Å². The minimum atomic E-state index is 0.142. The third kappa shape index (κ3) is 2.61. The molecular formula is C11H17N3OS. The zero-order valence-electron chi connectivity index (χ0n) is 9.19. The standard InChI is InChI=1S/C11H17N3OS/c12-7-10(9-2-6-16-8-9)14-4-1-11(15)13-3-5-14/h2,6,8,10H,1,3-5,7,12H2,(H,13,15). The normalized spacial score (nSPS) is 20.2. The Balaban J connectivity index is 2.06. The number of nitrogens with zero attached hydrogens (tertiary/aromatic N) is 1. The molecule has 5 heteroatoms. The van der Waals surface area contributed by atoms with E-state index in [1.165, 1.54) is 5.56 Å². The van der Waals surface area contributed by atoms with Gasteiger partial charge in [-0.2, -0.15) is 11.3 Å². The molecule has 4 nitrogen and oxygen atoms in total. The first kappa shape index (κ1) is 11.6. The fourth-order valence-corrected chi connectivity index (χ4v) is 2.76. The van der Waals surface area contributed by atoms with Crippen molar-refractivity contribution in [1.29, 1.82) is 0 Å². The summed E-state index contributed by atoms with van der Waals surface area (Å²) in [7, 11) is 0. The molecule has 1 amide bonds. The maximum absolute atomic E-state index is 11.3. The summed E-state index contributed by atoms with van der Waals surface area (Å²) in [5.41, 5.74) is 7.10. The summed E-state index contributed by atoms with van der Waals surface area (Å²) in [6, 6.07) is 2.36. The third-order valence-corrected chi connectivity index (χ3v) is 3.64. The van der Waals surface area contributed by atoms with Crippen LogP contribution in [0.5, 0.6) is 0 Å². The lowest BCUT2D eigenvalue weighted by atomic mass is 10.1. The predicted octanol–water partition coefficient (Wildman–Crippen LogP) is 0.570. The lowest BCUT2D eigenvalue weighted by molar-refractivity contribution is -0.120. The first-order valence-corrected chi connectivity index (χ1v) is 6.48. The molecule has 0 bridgehead atoms. The van der Waals surface area contributed by atoms with Gasteiger partial charge in [0.1, 0.15) is 0 Å². The summed E-state index contributed by atoms with van der Waals surface area (Å²) in [6.45, 7) is 3.00. The molecule has 88 valence electrons. The van der Waals surface area contributed by atoms with Gasteiger partial charge < -0.3 is 11.1 Å². The van der Waals surface area contributed by atoms with Crippen LogP contribution < -0.4 is 11.1 Å². The maximum Gasteiger partial charge on any atom is 0.221 e. The average molecular weight is 239 g/mol. The number of hydrogen-bond donors (Lipinski definition) is 2. The Morgan fingerprint density at radius 3 is 3.12 bits per heavy atom. The van der Waals surface area contributed by atoms with Crippen LogP contribution >= 0.6 is 11.3 Å². The molecule has 1 atom stereocenters. The quantitative estimate of drug-likeness (QED) is 0.811. The van der Waals surface area contributed by atoms with Crippen molar-refractivity contribution in [2.75, 3.05) is 26.2 Å². The Kier molecular flexibility index (Phi) is 3.93. The highest BCUT2D eigenvalue weighted by Crippen LogP contribution is 2.22. The van der Waals surface area contributed by atoms with E-state index in [1.54, 1.807) is 11.3 Å². The van der Waals surface area contributed by atoms with Gasteiger partial charge in [-0.15, -0.1) is 0 Å². The molecule has 2 rings (SSSR count). The largest absolute Gasteiger partial charge is 0.355 e. The zero-order chi connectivity index (χ0) is 11.4. The van der Waals surface area contributed by atoms with Crippen molar-refractivity contribution in [3.8, 4) is 0 Å². The van der Waals surface area contributed by atoms with E-state index in [0.29, 0.717) is 13.0 Å². The lowest BCUT2D eigenvalue weighted by Crippen LogP contribution is -2.36. The van der Waals surface area contributed by atoms with Crippen molar-refractivity contribution in [2.24, 2.45) is 5.73 Å². The third-order valence-electron chi connectivity index (χ3n) is 2.94. The van der Waals surface area contributed by atoms with Gasteiger partial charge in [0.05, 0.1) is 0 Å². The van der Waals surface area contributed by atoms with E-state index in [1.807, 2.05) is 0 Å². The van der Waals surface area contributed by atoms with Crippen LogP contribution in [0.25, 0.3) is 0 Å². The minimum Gasteiger partial charge on any atom is -0.355 e. The molecule has 1 unspecified atom stereocenters. The minimum absolute atomic E-state index is 0.142. The number of carbonyl (C=O) groups is 1. The Bertz CT molecular complexity index is 339. The molecule has 0 aliphatic carbocycles. The molecule has 0 aromatic carbocycles. The van der Waals surface area contributed by atoms with Gasteiger partial charge in [0.2, 0.25) is 5.91 Å².